The second kappa shape index (κ2) is 13.2. The Bertz CT molecular complexity index is 2370. The first-order valence-corrected chi connectivity index (χ1v) is 16.6. The van der Waals surface area contributed by atoms with Crippen LogP contribution in [0.2, 0.25) is 0 Å². The summed E-state index contributed by atoms with van der Waals surface area (Å²) in [6, 6.07) is 18.1. The fraction of sp³-hybridized carbons (Fsp3) is 0.229. The van der Waals surface area contributed by atoms with Gasteiger partial charge >= 0.3 is 11.9 Å². The molecule has 7 rings (SSSR count). The smallest absolute Gasteiger partial charge is 0.347 e. The van der Waals surface area contributed by atoms with Gasteiger partial charge in [-0.05, 0) is 67.4 Å². The van der Waals surface area contributed by atoms with Gasteiger partial charge in [0, 0.05) is 47.1 Å². The number of nitrogens with zero attached hydrogens (tertiary/aromatic N) is 8. The summed E-state index contributed by atoms with van der Waals surface area (Å²) in [7, 11) is 0. The van der Waals surface area contributed by atoms with E-state index in [1.807, 2.05) is 38.1 Å². The highest BCUT2D eigenvalue weighted by molar-refractivity contribution is 9.10. The lowest BCUT2D eigenvalue weighted by Gasteiger charge is -2.34. The summed E-state index contributed by atoms with van der Waals surface area (Å²) in [4.78, 5) is 52.6. The minimum absolute atomic E-state index is 0.0211. The minimum Gasteiger partial charge on any atom is -0.347 e. The monoisotopic (exact) mass is 759 g/mol. The summed E-state index contributed by atoms with van der Waals surface area (Å²) in [6.07, 6.45) is -1.29. The van der Waals surface area contributed by atoms with Crippen molar-refractivity contribution >= 4 is 38.8 Å². The van der Waals surface area contributed by atoms with Crippen LogP contribution in [0.3, 0.4) is 0 Å². The third-order valence-corrected chi connectivity index (χ3v) is 9.66. The molecular weight excluding hydrogens is 731 g/mol. The number of halogens is 4. The number of imidazole rings is 1. The SMILES string of the molecule is Cc1cc(C(=O)N2Cc3c(C(=O)NCc4ccccc4-c4ncccn4)n(-c4ccc5c(c4)nnn5CC(F)(F)F)c(=O)n3C[C@H]2C)ccc1Br. The quantitative estimate of drug-likeness (QED) is 0.229. The predicted molar refractivity (Wildman–Crippen MR) is 184 cm³/mol. The number of aromatic nitrogens is 7. The van der Waals surface area contributed by atoms with Crippen molar-refractivity contribution in [3.05, 3.63) is 122 Å². The Morgan fingerprint density at radius 1 is 1.02 bits per heavy atom. The first-order valence-electron chi connectivity index (χ1n) is 15.8. The number of fused-ring (bicyclic) bond motifs is 2. The first kappa shape index (κ1) is 33.8. The average Bonchev–Trinajstić information content (AvgIpc) is 3.64. The Morgan fingerprint density at radius 3 is 2.53 bits per heavy atom. The molecular formula is C35H29BrF3N9O3. The van der Waals surface area contributed by atoms with Crippen molar-refractivity contribution in [2.45, 2.75) is 52.2 Å². The van der Waals surface area contributed by atoms with Gasteiger partial charge in [-0.3, -0.25) is 18.7 Å². The molecule has 260 valence electrons. The number of benzene rings is 3. The van der Waals surface area contributed by atoms with Gasteiger partial charge < -0.3 is 10.2 Å². The van der Waals surface area contributed by atoms with E-state index in [9.17, 15) is 27.6 Å². The highest BCUT2D eigenvalue weighted by Gasteiger charge is 2.36. The van der Waals surface area contributed by atoms with Crippen molar-refractivity contribution in [2.75, 3.05) is 0 Å². The third-order valence-electron chi connectivity index (χ3n) is 8.77. The molecule has 12 nitrogen and oxygen atoms in total. The third kappa shape index (κ3) is 6.54. The highest BCUT2D eigenvalue weighted by Crippen LogP contribution is 2.28. The lowest BCUT2D eigenvalue weighted by atomic mass is 10.1. The lowest BCUT2D eigenvalue weighted by molar-refractivity contribution is -0.142. The Balaban J connectivity index is 1.30. The van der Waals surface area contributed by atoms with Gasteiger partial charge in [0.25, 0.3) is 11.8 Å². The number of rotatable bonds is 7. The molecule has 3 aromatic carbocycles. The second-order valence-corrected chi connectivity index (χ2v) is 13.1. The molecule has 6 aromatic rings. The number of carbonyl (C=O) groups excluding carboxylic acids is 2. The summed E-state index contributed by atoms with van der Waals surface area (Å²) < 4.78 is 43.8. The Hall–Kier alpha value is -5.64. The molecule has 0 aliphatic carbocycles. The molecule has 0 fully saturated rings. The van der Waals surface area contributed by atoms with E-state index in [4.69, 9.17) is 0 Å². The molecule has 1 N–H and O–H groups in total. The van der Waals surface area contributed by atoms with Gasteiger partial charge in [-0.25, -0.2) is 19.4 Å². The summed E-state index contributed by atoms with van der Waals surface area (Å²) >= 11 is 3.47. The van der Waals surface area contributed by atoms with Crippen LogP contribution in [0.25, 0.3) is 28.1 Å². The minimum atomic E-state index is -4.52. The first-order chi connectivity index (χ1) is 24.4. The van der Waals surface area contributed by atoms with Gasteiger partial charge in [-0.15, -0.1) is 5.10 Å². The Morgan fingerprint density at radius 2 is 1.78 bits per heavy atom. The topological polar surface area (TPSA) is 133 Å². The zero-order valence-electron chi connectivity index (χ0n) is 27.2. The van der Waals surface area contributed by atoms with E-state index < -0.39 is 30.4 Å². The lowest BCUT2D eigenvalue weighted by Crippen LogP contribution is -2.47. The van der Waals surface area contributed by atoms with E-state index in [1.54, 1.807) is 41.6 Å². The van der Waals surface area contributed by atoms with E-state index in [0.717, 1.165) is 20.3 Å². The van der Waals surface area contributed by atoms with Crippen LogP contribution in [0.5, 0.6) is 0 Å². The van der Waals surface area contributed by atoms with Crippen LogP contribution in [-0.2, 0) is 26.2 Å². The molecule has 0 saturated carbocycles. The van der Waals surface area contributed by atoms with Gasteiger partial charge in [0.1, 0.15) is 17.8 Å². The van der Waals surface area contributed by atoms with E-state index in [1.165, 1.54) is 27.3 Å². The summed E-state index contributed by atoms with van der Waals surface area (Å²) in [5, 5.41) is 10.5. The largest absolute Gasteiger partial charge is 0.408 e. The van der Waals surface area contributed by atoms with E-state index >= 15 is 0 Å². The number of alkyl halides is 3. The molecule has 51 heavy (non-hydrogen) atoms. The molecule has 1 aliphatic rings. The van der Waals surface area contributed by atoms with Crippen LogP contribution in [0.1, 0.15) is 44.6 Å². The van der Waals surface area contributed by atoms with Gasteiger partial charge in [0.2, 0.25) is 0 Å². The standard InChI is InChI=1S/C35H29BrF3N9O3/c1-20-14-22(8-10-26(20)36)33(50)45-18-29-30(32(49)42-16-23-6-3-4-7-25(23)31-40-12-5-13-41-31)48(34(51)46(29)17-21(45)2)24-9-11-28-27(15-24)43-44-47(28)19-35(37,38)39/h3-15,21H,16-19H2,1-2H3,(H,42,49)/t21-/m1/s1. The van der Waals surface area contributed by atoms with Crippen LogP contribution < -0.4 is 11.0 Å². The molecule has 3 aromatic heterocycles. The van der Waals surface area contributed by atoms with Crippen molar-refractivity contribution in [2.24, 2.45) is 0 Å². The number of amides is 2. The van der Waals surface area contributed by atoms with E-state index in [0.29, 0.717) is 22.6 Å². The van der Waals surface area contributed by atoms with Gasteiger partial charge in [-0.2, -0.15) is 13.2 Å². The molecule has 2 amide bonds. The maximum absolute atomic E-state index is 14.3. The molecule has 0 spiro atoms. The number of carbonyl (C=O) groups is 2. The number of hydrogen-bond acceptors (Lipinski definition) is 7. The molecule has 16 heteroatoms. The fourth-order valence-electron chi connectivity index (χ4n) is 6.28. The highest BCUT2D eigenvalue weighted by atomic mass is 79.9. The molecule has 4 heterocycles. The summed E-state index contributed by atoms with van der Waals surface area (Å²) in [6.45, 7) is 2.45. The van der Waals surface area contributed by atoms with Crippen LogP contribution in [0.4, 0.5) is 13.2 Å². The number of hydrogen-bond donors (Lipinski definition) is 1. The second-order valence-electron chi connectivity index (χ2n) is 12.2. The zero-order valence-corrected chi connectivity index (χ0v) is 28.8. The number of aryl methyl sites for hydroxylation is 1. The molecule has 0 radical (unpaired) electrons. The van der Waals surface area contributed by atoms with Crippen molar-refractivity contribution in [1.82, 2.24) is 44.3 Å². The van der Waals surface area contributed by atoms with Gasteiger partial charge in [-0.1, -0.05) is 45.4 Å². The van der Waals surface area contributed by atoms with Crippen LogP contribution in [0.15, 0.2) is 88.4 Å². The van der Waals surface area contributed by atoms with Gasteiger partial charge in [0.15, 0.2) is 5.82 Å². The van der Waals surface area contributed by atoms with E-state index in [2.05, 4.69) is 41.5 Å². The van der Waals surface area contributed by atoms with Crippen LogP contribution in [0, 0.1) is 6.92 Å². The van der Waals surface area contributed by atoms with Crippen molar-refractivity contribution in [1.29, 1.82) is 0 Å². The summed E-state index contributed by atoms with van der Waals surface area (Å²) in [5.41, 5.74) is 2.90. The predicted octanol–water partition coefficient (Wildman–Crippen LogP) is 5.45. The van der Waals surface area contributed by atoms with E-state index in [-0.39, 0.29) is 48.0 Å². The van der Waals surface area contributed by atoms with Gasteiger partial charge in [0.05, 0.1) is 23.4 Å². The molecule has 0 saturated heterocycles. The maximum Gasteiger partial charge on any atom is 0.408 e. The molecule has 0 unspecified atom stereocenters. The fourth-order valence-corrected chi connectivity index (χ4v) is 6.53. The van der Waals surface area contributed by atoms with Crippen molar-refractivity contribution in [3.63, 3.8) is 0 Å². The molecule has 1 aliphatic heterocycles. The van der Waals surface area contributed by atoms with Crippen LogP contribution in [-0.4, -0.2) is 63.0 Å². The van der Waals surface area contributed by atoms with Crippen LogP contribution >= 0.6 is 15.9 Å². The zero-order chi connectivity index (χ0) is 36.0. The Labute approximate surface area is 296 Å². The normalized spacial score (nSPS) is 14.5. The Kier molecular flexibility index (Phi) is 8.79. The molecule has 1 atom stereocenters. The number of nitrogens with one attached hydrogen (secondary N) is 1. The van der Waals surface area contributed by atoms with Crippen molar-refractivity contribution < 1.29 is 22.8 Å². The molecule has 0 bridgehead atoms. The summed E-state index contributed by atoms with van der Waals surface area (Å²) in [5.74, 6) is -0.402. The maximum atomic E-state index is 14.3. The average molecular weight is 761 g/mol. The van der Waals surface area contributed by atoms with Crippen molar-refractivity contribution in [3.8, 4) is 17.1 Å².